The highest BCUT2D eigenvalue weighted by Gasteiger charge is 2.42. The molecule has 2 aromatic carbocycles. The molecule has 2 N–H and O–H groups in total. The monoisotopic (exact) mass is 308 g/mol. The topological polar surface area (TPSA) is 58.9 Å². The van der Waals surface area contributed by atoms with Crippen molar-refractivity contribution in [3.8, 4) is 0 Å². The molecule has 0 atom stereocenters. The smallest absolute Gasteiger partial charge is 0.439 e. The molecule has 0 amide bonds. The van der Waals surface area contributed by atoms with E-state index in [0.717, 1.165) is 10.4 Å². The van der Waals surface area contributed by atoms with Crippen LogP contribution in [0.1, 0.15) is 0 Å². The van der Waals surface area contributed by atoms with Crippen molar-refractivity contribution in [1.82, 2.24) is 0 Å². The van der Waals surface area contributed by atoms with Crippen LogP contribution in [0, 0.1) is 0 Å². The van der Waals surface area contributed by atoms with Crippen LogP contribution in [0.2, 0.25) is 0 Å². The Balaban J connectivity index is 2.55. The van der Waals surface area contributed by atoms with Crippen LogP contribution in [-0.2, 0) is 8.23 Å². The largest absolute Gasteiger partial charge is 0.470 e. The molecule has 0 saturated carbocycles. The van der Waals surface area contributed by atoms with Gasteiger partial charge < -0.3 is 17.8 Å². The van der Waals surface area contributed by atoms with Gasteiger partial charge >= 0.3 is 18.1 Å². The average Bonchev–Trinajstić information content (AvgIpc) is 2.46. The second-order valence-corrected chi connectivity index (χ2v) is 9.61. The molecule has 0 unspecified atom stereocenters. The standard InChI is InChI=1S/C12H16O4Si3/c13-18(14)16-19(15-17,11-7-3-1-4-8-11)12-9-5-2-6-10-12/h1-10,13-14,18H,17H3. The summed E-state index contributed by atoms with van der Waals surface area (Å²) in [4.78, 5) is 18.8. The van der Waals surface area contributed by atoms with Crippen molar-refractivity contribution < 1.29 is 17.8 Å². The van der Waals surface area contributed by atoms with Crippen LogP contribution < -0.4 is 10.4 Å². The van der Waals surface area contributed by atoms with E-state index >= 15 is 0 Å². The third kappa shape index (κ3) is 3.09. The average molecular weight is 309 g/mol. The van der Waals surface area contributed by atoms with Crippen molar-refractivity contribution in [3.63, 3.8) is 0 Å². The Morgan fingerprint density at radius 2 is 1.26 bits per heavy atom. The Morgan fingerprint density at radius 1 is 0.842 bits per heavy atom. The zero-order valence-corrected chi connectivity index (χ0v) is 14.7. The number of hydrogen-bond acceptors (Lipinski definition) is 4. The maximum Gasteiger partial charge on any atom is 0.470 e. The fourth-order valence-corrected chi connectivity index (χ4v) is 9.06. The highest BCUT2D eigenvalue weighted by Crippen LogP contribution is 2.08. The van der Waals surface area contributed by atoms with Gasteiger partial charge in [0.2, 0.25) is 0 Å². The van der Waals surface area contributed by atoms with E-state index in [1.807, 2.05) is 60.7 Å². The molecule has 0 saturated heterocycles. The van der Waals surface area contributed by atoms with Crippen LogP contribution in [-0.4, -0.2) is 38.2 Å². The van der Waals surface area contributed by atoms with Crippen LogP contribution in [0.25, 0.3) is 0 Å². The molecule has 2 rings (SSSR count). The van der Waals surface area contributed by atoms with E-state index in [9.17, 15) is 9.59 Å². The summed E-state index contributed by atoms with van der Waals surface area (Å²) in [6.45, 7) is 0. The van der Waals surface area contributed by atoms with Gasteiger partial charge in [-0.2, -0.15) is 0 Å². The van der Waals surface area contributed by atoms with Crippen molar-refractivity contribution in [3.05, 3.63) is 60.7 Å². The van der Waals surface area contributed by atoms with Gasteiger partial charge in [-0.05, 0) is 10.4 Å². The van der Waals surface area contributed by atoms with E-state index < -0.39 is 18.1 Å². The van der Waals surface area contributed by atoms with E-state index in [-0.39, 0.29) is 0 Å². The second-order valence-electron chi connectivity index (χ2n) is 4.00. The molecule has 0 aliphatic heterocycles. The van der Waals surface area contributed by atoms with Gasteiger partial charge in [0, 0.05) is 0 Å². The first-order valence-corrected chi connectivity index (χ1v) is 10.0. The second kappa shape index (κ2) is 6.39. The molecule has 7 heteroatoms. The fraction of sp³-hybridized carbons (Fsp3) is 0. The Labute approximate surface area is 118 Å². The lowest BCUT2D eigenvalue weighted by atomic mass is 10.4. The van der Waals surface area contributed by atoms with Crippen molar-refractivity contribution in [2.24, 2.45) is 0 Å². The van der Waals surface area contributed by atoms with Gasteiger partial charge in [0.25, 0.3) is 0 Å². The number of benzene rings is 2. The molecule has 100 valence electrons. The van der Waals surface area contributed by atoms with Gasteiger partial charge in [0.05, 0.1) is 0 Å². The highest BCUT2D eigenvalue weighted by atomic mass is 28.4. The molecule has 0 heterocycles. The van der Waals surface area contributed by atoms with E-state index in [2.05, 4.69) is 0 Å². The molecule has 0 aliphatic rings. The van der Waals surface area contributed by atoms with Crippen molar-refractivity contribution in [2.75, 3.05) is 0 Å². The molecular weight excluding hydrogens is 292 g/mol. The molecule has 4 nitrogen and oxygen atoms in total. The summed E-state index contributed by atoms with van der Waals surface area (Å²) in [6, 6.07) is 19.1. The van der Waals surface area contributed by atoms with Crippen LogP contribution in [0.5, 0.6) is 0 Å². The van der Waals surface area contributed by atoms with Crippen LogP contribution in [0.3, 0.4) is 0 Å². The molecule has 0 fully saturated rings. The quantitative estimate of drug-likeness (QED) is 0.644. The van der Waals surface area contributed by atoms with Gasteiger partial charge in [-0.15, -0.1) is 0 Å². The Hall–Kier alpha value is -1.07. The van der Waals surface area contributed by atoms with Crippen molar-refractivity contribution in [2.45, 2.75) is 0 Å². The van der Waals surface area contributed by atoms with E-state index in [4.69, 9.17) is 8.23 Å². The lowest BCUT2D eigenvalue weighted by Crippen LogP contribution is -2.65. The molecule has 0 aliphatic carbocycles. The lowest BCUT2D eigenvalue weighted by molar-refractivity contribution is 0.266. The summed E-state index contributed by atoms with van der Waals surface area (Å²) >= 11 is 0. The summed E-state index contributed by atoms with van der Waals surface area (Å²) in [5.74, 6) is 0. The summed E-state index contributed by atoms with van der Waals surface area (Å²) in [5, 5.41) is 1.77. The third-order valence-electron chi connectivity index (χ3n) is 2.87. The highest BCUT2D eigenvalue weighted by molar-refractivity contribution is 6.96. The molecule has 19 heavy (non-hydrogen) atoms. The minimum absolute atomic E-state index is 0.458. The zero-order valence-electron chi connectivity index (χ0n) is 10.6. The van der Waals surface area contributed by atoms with Crippen molar-refractivity contribution >= 4 is 38.9 Å². The summed E-state index contributed by atoms with van der Waals surface area (Å²) in [7, 11) is -5.70. The lowest BCUT2D eigenvalue weighted by Gasteiger charge is -2.31. The molecular formula is C12H16O4Si3. The Morgan fingerprint density at radius 3 is 1.58 bits per heavy atom. The molecule has 2 aromatic rings. The summed E-state index contributed by atoms with van der Waals surface area (Å²) in [6.07, 6.45) is 0. The number of hydrogen-bond donors (Lipinski definition) is 2. The van der Waals surface area contributed by atoms with Gasteiger partial charge in [-0.25, -0.2) is 0 Å². The maximum absolute atomic E-state index is 9.38. The zero-order chi connectivity index (χ0) is 13.7. The predicted molar refractivity (Wildman–Crippen MR) is 81.6 cm³/mol. The van der Waals surface area contributed by atoms with Crippen LogP contribution >= 0.6 is 0 Å². The molecule has 0 spiro atoms. The summed E-state index contributed by atoms with van der Waals surface area (Å²) < 4.78 is 11.4. The number of rotatable bonds is 5. The first-order chi connectivity index (χ1) is 9.19. The SMILES string of the molecule is O[SiH](O)O[Si](O[SiH3])(c1ccccc1)c1ccccc1. The van der Waals surface area contributed by atoms with E-state index in [1.165, 1.54) is 0 Å². The minimum Gasteiger partial charge on any atom is -0.439 e. The van der Waals surface area contributed by atoms with Crippen LogP contribution in [0.15, 0.2) is 60.7 Å². The summed E-state index contributed by atoms with van der Waals surface area (Å²) in [5.41, 5.74) is 0. The normalized spacial score (nSPS) is 11.9. The minimum atomic E-state index is -3.19. The first-order valence-electron chi connectivity index (χ1n) is 5.89. The predicted octanol–water partition coefficient (Wildman–Crippen LogP) is -1.74. The van der Waals surface area contributed by atoms with Crippen molar-refractivity contribution in [1.29, 1.82) is 0 Å². The van der Waals surface area contributed by atoms with Crippen LogP contribution in [0.4, 0.5) is 0 Å². The maximum atomic E-state index is 9.38. The van der Waals surface area contributed by atoms with E-state index in [0.29, 0.717) is 10.5 Å². The fourth-order valence-electron chi connectivity index (χ4n) is 2.05. The van der Waals surface area contributed by atoms with Gasteiger partial charge in [0.15, 0.2) is 0 Å². The molecule has 0 aromatic heterocycles. The Kier molecular flexibility index (Phi) is 4.82. The first kappa shape index (κ1) is 14.3. The third-order valence-corrected chi connectivity index (χ3v) is 9.52. The van der Waals surface area contributed by atoms with Gasteiger partial charge in [-0.1, -0.05) is 60.7 Å². The van der Waals surface area contributed by atoms with Gasteiger partial charge in [0.1, 0.15) is 10.5 Å². The molecule has 0 radical (unpaired) electrons. The Bertz CT molecular complexity index is 467. The van der Waals surface area contributed by atoms with Gasteiger partial charge in [-0.3, -0.25) is 0 Å². The molecule has 0 bridgehead atoms. The van der Waals surface area contributed by atoms with E-state index in [1.54, 1.807) is 0 Å².